The summed E-state index contributed by atoms with van der Waals surface area (Å²) in [4.78, 5) is 0. The average molecular weight is 425 g/mol. The molecule has 3 rings (SSSR count). The van der Waals surface area contributed by atoms with Crippen LogP contribution in [-0.4, -0.2) is 32.5 Å². The Hall–Kier alpha value is -1.80. The van der Waals surface area contributed by atoms with E-state index in [9.17, 15) is 0 Å². The molecule has 0 aliphatic rings. The highest BCUT2D eigenvalue weighted by molar-refractivity contribution is 7.99. The number of hydrogen-bond acceptors (Lipinski definition) is 6. The first kappa shape index (κ1) is 21.5. The molecule has 0 amide bonds. The molecule has 0 bridgehead atoms. The number of halogens is 2. The van der Waals surface area contributed by atoms with Gasteiger partial charge in [0.2, 0.25) is 5.16 Å². The molecule has 27 heavy (non-hydrogen) atoms. The van der Waals surface area contributed by atoms with Crippen LogP contribution >= 0.6 is 23.4 Å². The minimum atomic E-state index is 0. The molecule has 3 aromatic rings. The van der Waals surface area contributed by atoms with Gasteiger partial charge in [0.25, 0.3) is 0 Å². The van der Waals surface area contributed by atoms with Gasteiger partial charge in [-0.3, -0.25) is 0 Å². The molecule has 9 heteroatoms. The zero-order valence-electron chi connectivity index (χ0n) is 14.8. The van der Waals surface area contributed by atoms with E-state index in [1.165, 1.54) is 5.56 Å². The van der Waals surface area contributed by atoms with Crippen LogP contribution in [-0.2, 0) is 20.2 Å². The Morgan fingerprint density at radius 2 is 1.78 bits per heavy atom. The van der Waals surface area contributed by atoms with E-state index in [0.29, 0.717) is 6.61 Å². The summed E-state index contributed by atoms with van der Waals surface area (Å²) in [5.41, 5.74) is 2.31. The van der Waals surface area contributed by atoms with Crippen molar-refractivity contribution in [3.8, 4) is 5.75 Å². The number of hydrogen-bond donors (Lipinski definition) is 1. The lowest BCUT2D eigenvalue weighted by atomic mass is 10.2. The van der Waals surface area contributed by atoms with Gasteiger partial charge in [-0.2, -0.15) is 0 Å². The second kappa shape index (κ2) is 11.1. The van der Waals surface area contributed by atoms with Gasteiger partial charge in [-0.05, 0) is 45.8 Å². The summed E-state index contributed by atoms with van der Waals surface area (Å²) in [5, 5.41) is 16.3. The predicted octanol–water partition coefficient (Wildman–Crippen LogP) is 0.328. The minimum absolute atomic E-state index is 0. The maximum absolute atomic E-state index is 5.88. The Kier molecular flexibility index (Phi) is 8.87. The van der Waals surface area contributed by atoms with Crippen molar-refractivity contribution in [2.75, 3.05) is 12.3 Å². The molecule has 0 spiro atoms. The molecule has 1 N–H and O–H groups in total. The minimum Gasteiger partial charge on any atom is -1.00 e. The number of nitrogens with zero attached hydrogens (tertiary/aromatic N) is 4. The SMILES string of the molecule is Cn1nnnc1SCCNCc1ccc(OCc2ccc(Cl)cc2)cc1.[Cl-]. The van der Waals surface area contributed by atoms with Crippen molar-refractivity contribution < 1.29 is 17.1 Å². The fourth-order valence-electron chi connectivity index (χ4n) is 2.24. The number of thioether (sulfide) groups is 1. The van der Waals surface area contributed by atoms with E-state index in [0.717, 1.165) is 40.3 Å². The van der Waals surface area contributed by atoms with Crippen LogP contribution < -0.4 is 22.5 Å². The highest BCUT2D eigenvalue weighted by Crippen LogP contribution is 2.16. The van der Waals surface area contributed by atoms with Crippen molar-refractivity contribution in [2.24, 2.45) is 7.05 Å². The lowest BCUT2D eigenvalue weighted by Gasteiger charge is -2.08. The molecule has 0 unspecified atom stereocenters. The van der Waals surface area contributed by atoms with Crippen LogP contribution in [0.25, 0.3) is 0 Å². The van der Waals surface area contributed by atoms with Gasteiger partial charge in [-0.15, -0.1) is 5.10 Å². The van der Waals surface area contributed by atoms with Gasteiger partial charge in [0.15, 0.2) is 0 Å². The van der Waals surface area contributed by atoms with E-state index >= 15 is 0 Å². The molecule has 0 aliphatic heterocycles. The van der Waals surface area contributed by atoms with Crippen LogP contribution in [0, 0.1) is 0 Å². The van der Waals surface area contributed by atoms with Crippen LogP contribution in [0.1, 0.15) is 11.1 Å². The van der Waals surface area contributed by atoms with Gasteiger partial charge in [0.1, 0.15) is 12.4 Å². The van der Waals surface area contributed by atoms with Gasteiger partial charge in [-0.25, -0.2) is 4.68 Å². The summed E-state index contributed by atoms with van der Waals surface area (Å²) in [5.74, 6) is 1.77. The summed E-state index contributed by atoms with van der Waals surface area (Å²) >= 11 is 7.52. The maximum Gasteiger partial charge on any atom is 0.209 e. The number of aromatic nitrogens is 4. The quantitative estimate of drug-likeness (QED) is 0.394. The second-order valence-electron chi connectivity index (χ2n) is 5.67. The molecule has 0 radical (unpaired) electrons. The molecule has 144 valence electrons. The van der Waals surface area contributed by atoms with Crippen LogP contribution in [0.15, 0.2) is 53.7 Å². The fourth-order valence-corrected chi connectivity index (χ4v) is 3.11. The summed E-state index contributed by atoms with van der Waals surface area (Å²) in [6.07, 6.45) is 0. The Morgan fingerprint density at radius 3 is 2.44 bits per heavy atom. The Labute approximate surface area is 174 Å². The summed E-state index contributed by atoms with van der Waals surface area (Å²) in [6.45, 7) is 2.23. The van der Waals surface area contributed by atoms with E-state index in [4.69, 9.17) is 16.3 Å². The van der Waals surface area contributed by atoms with Gasteiger partial charge >= 0.3 is 0 Å². The molecule has 6 nitrogen and oxygen atoms in total. The first-order chi connectivity index (χ1) is 12.7. The molecule has 0 saturated heterocycles. The largest absolute Gasteiger partial charge is 1.00 e. The molecule has 2 aromatic carbocycles. The second-order valence-corrected chi connectivity index (χ2v) is 7.17. The van der Waals surface area contributed by atoms with Crippen molar-refractivity contribution >= 4 is 23.4 Å². The normalized spacial score (nSPS) is 10.4. The van der Waals surface area contributed by atoms with Crippen molar-refractivity contribution in [2.45, 2.75) is 18.3 Å². The topological polar surface area (TPSA) is 64.9 Å². The maximum atomic E-state index is 5.88. The first-order valence-corrected chi connectivity index (χ1v) is 9.59. The van der Waals surface area contributed by atoms with Crippen LogP contribution in [0.2, 0.25) is 5.02 Å². The Bertz CT molecular complexity index is 811. The van der Waals surface area contributed by atoms with Gasteiger partial charge in [-0.1, -0.05) is 47.6 Å². The first-order valence-electron chi connectivity index (χ1n) is 8.23. The summed E-state index contributed by atoms with van der Waals surface area (Å²) < 4.78 is 7.47. The molecule has 1 heterocycles. The van der Waals surface area contributed by atoms with Crippen molar-refractivity contribution in [3.05, 3.63) is 64.7 Å². The molecule has 0 aliphatic carbocycles. The Balaban J connectivity index is 0.00000261. The van der Waals surface area contributed by atoms with Crippen LogP contribution in [0.5, 0.6) is 5.75 Å². The number of tetrazole rings is 1. The molecule has 1 aromatic heterocycles. The molecule has 0 atom stereocenters. The number of nitrogens with one attached hydrogen (secondary N) is 1. The van der Waals surface area contributed by atoms with E-state index in [2.05, 4.69) is 33.0 Å². The molecule has 0 saturated carbocycles. The van der Waals surface area contributed by atoms with Crippen molar-refractivity contribution in [1.82, 2.24) is 25.5 Å². The van der Waals surface area contributed by atoms with E-state index in [1.807, 2.05) is 43.4 Å². The monoisotopic (exact) mass is 424 g/mol. The number of rotatable bonds is 9. The van der Waals surface area contributed by atoms with Gasteiger partial charge < -0.3 is 22.5 Å². The van der Waals surface area contributed by atoms with Crippen molar-refractivity contribution in [1.29, 1.82) is 0 Å². The van der Waals surface area contributed by atoms with E-state index in [-0.39, 0.29) is 12.4 Å². The van der Waals surface area contributed by atoms with Gasteiger partial charge in [0.05, 0.1) is 0 Å². The molecule has 0 fully saturated rings. The molecular weight excluding hydrogens is 405 g/mol. The summed E-state index contributed by atoms with van der Waals surface area (Å²) in [6, 6.07) is 15.8. The van der Waals surface area contributed by atoms with Crippen LogP contribution in [0.3, 0.4) is 0 Å². The highest BCUT2D eigenvalue weighted by atomic mass is 35.5. The van der Waals surface area contributed by atoms with E-state index in [1.54, 1.807) is 16.4 Å². The third kappa shape index (κ3) is 7.03. The predicted molar refractivity (Wildman–Crippen MR) is 103 cm³/mol. The lowest BCUT2D eigenvalue weighted by molar-refractivity contribution is -0.00000577. The van der Waals surface area contributed by atoms with E-state index < -0.39 is 0 Å². The van der Waals surface area contributed by atoms with Gasteiger partial charge in [0, 0.05) is 30.9 Å². The highest BCUT2D eigenvalue weighted by Gasteiger charge is 2.02. The fraction of sp³-hybridized carbons (Fsp3) is 0.278. The number of aryl methyl sites for hydroxylation is 1. The smallest absolute Gasteiger partial charge is 0.209 e. The zero-order chi connectivity index (χ0) is 18.2. The number of benzene rings is 2. The Morgan fingerprint density at radius 1 is 1.07 bits per heavy atom. The number of ether oxygens (including phenoxy) is 1. The van der Waals surface area contributed by atoms with Crippen LogP contribution in [0.4, 0.5) is 0 Å². The standard InChI is InChI=1S/C18H20ClN5OS.ClH/c1-24-18(21-22-23-24)26-11-10-20-12-14-4-8-17(9-5-14)25-13-15-2-6-16(19)7-3-15;/h2-9,20H,10-13H2,1H3;1H/p-1. The third-order valence-corrected chi connectivity index (χ3v) is 4.93. The lowest BCUT2D eigenvalue weighted by Crippen LogP contribution is -3.00. The average Bonchev–Trinajstić information content (AvgIpc) is 3.07. The third-order valence-electron chi connectivity index (χ3n) is 3.66. The zero-order valence-corrected chi connectivity index (χ0v) is 17.1. The van der Waals surface area contributed by atoms with Crippen molar-refractivity contribution in [3.63, 3.8) is 0 Å². The summed E-state index contributed by atoms with van der Waals surface area (Å²) in [7, 11) is 1.84. The molecular formula is C18H20Cl2N5OS-.